The number of hydrogen-bond donors (Lipinski definition) is 3. The summed E-state index contributed by atoms with van der Waals surface area (Å²) in [5.41, 5.74) is 3.37. The maximum absolute atomic E-state index is 12.1. The van der Waals surface area contributed by atoms with Crippen LogP contribution in [-0.4, -0.2) is 61.7 Å². The third-order valence-corrected chi connectivity index (χ3v) is 8.31. The third kappa shape index (κ3) is 6.49. The number of likely N-dealkylation sites (tertiary alicyclic amines) is 1. The van der Waals surface area contributed by atoms with Crippen molar-refractivity contribution in [3.8, 4) is 22.8 Å². The number of carbonyl (C=O) groups excluding carboxylic acids is 1. The number of pyridine rings is 2. The first-order valence-electron chi connectivity index (χ1n) is 13.9. The van der Waals surface area contributed by atoms with Crippen LogP contribution in [0.2, 0.25) is 10.0 Å². The third-order valence-electron chi connectivity index (χ3n) is 7.56. The Morgan fingerprint density at radius 2 is 1.91 bits per heavy atom. The molecule has 11 heteroatoms. The SMILES string of the molecule is C=CC(=O)Nc1cccc(C)c1Nc1cc2c(NCC3CCN(C)C3)nc(-c3c(Cl)c(OC)cc(OC)c3Cl)cc2cn1. The zero-order chi connectivity index (χ0) is 30.7. The minimum Gasteiger partial charge on any atom is -0.495 e. The van der Waals surface area contributed by atoms with Crippen molar-refractivity contribution >= 4 is 62.9 Å². The Bertz CT molecular complexity index is 1670. The minimum absolute atomic E-state index is 0.299. The molecule has 1 unspecified atom stereocenters. The second kappa shape index (κ2) is 13.1. The van der Waals surface area contributed by atoms with Gasteiger partial charge in [0.1, 0.15) is 23.1 Å². The molecule has 224 valence electrons. The van der Waals surface area contributed by atoms with Gasteiger partial charge in [-0.1, -0.05) is 41.9 Å². The lowest BCUT2D eigenvalue weighted by atomic mass is 10.1. The van der Waals surface area contributed by atoms with Gasteiger partial charge >= 0.3 is 0 Å². The first kappa shape index (κ1) is 30.4. The molecule has 0 radical (unpaired) electrons. The summed E-state index contributed by atoms with van der Waals surface area (Å²) in [7, 11) is 5.22. The first-order chi connectivity index (χ1) is 20.7. The zero-order valence-corrected chi connectivity index (χ0v) is 26.1. The summed E-state index contributed by atoms with van der Waals surface area (Å²) >= 11 is 13.6. The van der Waals surface area contributed by atoms with Gasteiger partial charge in [0.2, 0.25) is 5.91 Å². The molecule has 5 rings (SSSR count). The highest BCUT2D eigenvalue weighted by atomic mass is 35.5. The predicted molar refractivity (Wildman–Crippen MR) is 175 cm³/mol. The van der Waals surface area contributed by atoms with Crippen LogP contribution in [-0.2, 0) is 4.79 Å². The maximum atomic E-state index is 12.1. The topological polar surface area (TPSA) is 101 Å². The van der Waals surface area contributed by atoms with Crippen LogP contribution < -0.4 is 25.4 Å². The number of benzene rings is 2. The fourth-order valence-corrected chi connectivity index (χ4v) is 5.97. The van der Waals surface area contributed by atoms with E-state index in [1.54, 1.807) is 26.5 Å². The summed E-state index contributed by atoms with van der Waals surface area (Å²) < 4.78 is 11.0. The number of methoxy groups -OCH3 is 2. The van der Waals surface area contributed by atoms with Crippen LogP contribution >= 0.6 is 23.2 Å². The number of anilines is 4. The van der Waals surface area contributed by atoms with Crippen molar-refractivity contribution in [3.63, 3.8) is 0 Å². The van der Waals surface area contributed by atoms with Crippen LogP contribution in [0, 0.1) is 12.8 Å². The highest BCUT2D eigenvalue weighted by Crippen LogP contribution is 2.46. The van der Waals surface area contributed by atoms with Crippen LogP contribution in [0.25, 0.3) is 22.0 Å². The summed E-state index contributed by atoms with van der Waals surface area (Å²) in [5, 5.41) is 12.2. The van der Waals surface area contributed by atoms with E-state index >= 15 is 0 Å². The Hall–Kier alpha value is -4.05. The Morgan fingerprint density at radius 3 is 2.56 bits per heavy atom. The first-order valence-corrected chi connectivity index (χ1v) is 14.6. The van der Waals surface area contributed by atoms with Gasteiger partial charge in [0.05, 0.1) is 41.3 Å². The van der Waals surface area contributed by atoms with Crippen LogP contribution in [0.3, 0.4) is 0 Å². The molecule has 0 bridgehead atoms. The van der Waals surface area contributed by atoms with E-state index in [4.69, 9.17) is 42.6 Å². The number of nitrogens with zero attached hydrogens (tertiary/aromatic N) is 3. The quantitative estimate of drug-likeness (QED) is 0.161. The lowest BCUT2D eigenvalue weighted by molar-refractivity contribution is -0.111. The summed E-state index contributed by atoms with van der Waals surface area (Å²) in [6.45, 7) is 8.34. The predicted octanol–water partition coefficient (Wildman–Crippen LogP) is 7.16. The molecule has 3 N–H and O–H groups in total. The van der Waals surface area contributed by atoms with Gasteiger partial charge in [-0.3, -0.25) is 4.79 Å². The van der Waals surface area contributed by atoms with Crippen molar-refractivity contribution in [2.75, 3.05) is 56.9 Å². The van der Waals surface area contributed by atoms with Crippen LogP contribution in [0.4, 0.5) is 23.0 Å². The number of aryl methyl sites for hydroxylation is 1. The number of aromatic nitrogens is 2. The molecule has 1 fully saturated rings. The van der Waals surface area contributed by atoms with E-state index in [9.17, 15) is 4.79 Å². The molecule has 0 spiro atoms. The summed E-state index contributed by atoms with van der Waals surface area (Å²) in [5.74, 6) is 2.31. The number of carbonyl (C=O) groups is 1. The number of amides is 1. The van der Waals surface area contributed by atoms with Crippen molar-refractivity contribution in [1.29, 1.82) is 0 Å². The van der Waals surface area contributed by atoms with Crippen molar-refractivity contribution < 1.29 is 14.3 Å². The Balaban J connectivity index is 1.60. The molecule has 1 atom stereocenters. The normalized spacial score (nSPS) is 14.9. The molecule has 9 nitrogen and oxygen atoms in total. The molecule has 1 aliphatic rings. The maximum Gasteiger partial charge on any atom is 0.247 e. The second-order valence-electron chi connectivity index (χ2n) is 10.5. The minimum atomic E-state index is -0.299. The van der Waals surface area contributed by atoms with E-state index in [1.165, 1.54) is 6.08 Å². The Labute approximate surface area is 261 Å². The zero-order valence-electron chi connectivity index (χ0n) is 24.6. The summed E-state index contributed by atoms with van der Waals surface area (Å²) in [6, 6.07) is 11.2. The molecule has 4 aromatic rings. The van der Waals surface area contributed by atoms with Crippen LogP contribution in [0.5, 0.6) is 11.5 Å². The molecule has 0 saturated carbocycles. The largest absolute Gasteiger partial charge is 0.495 e. The van der Waals surface area contributed by atoms with E-state index in [-0.39, 0.29) is 5.91 Å². The average Bonchev–Trinajstić information content (AvgIpc) is 3.42. The molecule has 1 aliphatic heterocycles. The molecule has 3 heterocycles. The van der Waals surface area contributed by atoms with Gasteiger partial charge in [0, 0.05) is 41.7 Å². The monoisotopic (exact) mass is 620 g/mol. The van der Waals surface area contributed by atoms with Crippen molar-refractivity contribution in [1.82, 2.24) is 14.9 Å². The van der Waals surface area contributed by atoms with Crippen molar-refractivity contribution in [2.45, 2.75) is 13.3 Å². The number of para-hydroxylation sites is 1. The van der Waals surface area contributed by atoms with Gasteiger partial charge < -0.3 is 30.3 Å². The molecule has 1 amide bonds. The molecule has 1 saturated heterocycles. The lowest BCUT2D eigenvalue weighted by Gasteiger charge is -2.19. The van der Waals surface area contributed by atoms with Gasteiger partial charge in [-0.25, -0.2) is 9.97 Å². The fourth-order valence-electron chi connectivity index (χ4n) is 5.27. The van der Waals surface area contributed by atoms with Crippen LogP contribution in [0.15, 0.2) is 55.3 Å². The van der Waals surface area contributed by atoms with Crippen molar-refractivity contribution in [3.05, 3.63) is 70.9 Å². The van der Waals surface area contributed by atoms with Gasteiger partial charge in [-0.15, -0.1) is 0 Å². The summed E-state index contributed by atoms with van der Waals surface area (Å²) in [4.78, 5) is 24.1. The lowest BCUT2D eigenvalue weighted by Crippen LogP contribution is -2.19. The molecular weight excluding hydrogens is 587 g/mol. The van der Waals surface area contributed by atoms with Crippen LogP contribution in [0.1, 0.15) is 12.0 Å². The Kier molecular flexibility index (Phi) is 9.25. The molecule has 43 heavy (non-hydrogen) atoms. The molecular formula is C32H34Cl2N6O3. The second-order valence-corrected chi connectivity index (χ2v) is 11.3. The molecule has 2 aromatic heterocycles. The molecule has 0 aliphatic carbocycles. The van der Waals surface area contributed by atoms with E-state index in [2.05, 4.69) is 34.5 Å². The number of halogens is 2. The number of fused-ring (bicyclic) bond motifs is 1. The Morgan fingerprint density at radius 1 is 1.16 bits per heavy atom. The van der Waals surface area contributed by atoms with E-state index in [0.29, 0.717) is 56.0 Å². The van der Waals surface area contributed by atoms with E-state index in [1.807, 2.05) is 37.3 Å². The van der Waals surface area contributed by atoms with Gasteiger partial charge in [0.25, 0.3) is 0 Å². The fraction of sp³-hybridized carbons (Fsp3) is 0.281. The number of hydrogen-bond acceptors (Lipinski definition) is 8. The standard InChI is InChI=1S/C32H34Cl2N6O3/c1-6-27(41)37-22-9-7-8-18(2)31(22)39-26-13-21-20(16-35-26)12-23(38-32(21)36-15-19-10-11-40(3)17-19)28-29(33)24(42-4)14-25(43-5)30(28)34/h6-9,12-14,16,19H,1,10-11,15,17H2,2-5H3,(H,35,39)(H,36,38)(H,37,41). The highest BCUT2D eigenvalue weighted by molar-refractivity contribution is 6.41. The van der Waals surface area contributed by atoms with E-state index in [0.717, 1.165) is 48.1 Å². The smallest absolute Gasteiger partial charge is 0.247 e. The molecule has 2 aromatic carbocycles. The number of rotatable bonds is 10. The number of nitrogens with one attached hydrogen (secondary N) is 3. The van der Waals surface area contributed by atoms with E-state index < -0.39 is 0 Å². The van der Waals surface area contributed by atoms with Gasteiger partial charge in [-0.2, -0.15) is 0 Å². The number of ether oxygens (including phenoxy) is 2. The van der Waals surface area contributed by atoms with Crippen molar-refractivity contribution in [2.24, 2.45) is 5.92 Å². The summed E-state index contributed by atoms with van der Waals surface area (Å²) in [6.07, 6.45) is 4.11. The highest BCUT2D eigenvalue weighted by Gasteiger charge is 2.23. The van der Waals surface area contributed by atoms with Gasteiger partial charge in [-0.05, 0) is 62.7 Å². The van der Waals surface area contributed by atoms with Gasteiger partial charge in [0.15, 0.2) is 0 Å². The average molecular weight is 622 g/mol.